The molecule has 0 amide bonds. The van der Waals surface area contributed by atoms with Gasteiger partial charge in [-0.2, -0.15) is 0 Å². The summed E-state index contributed by atoms with van der Waals surface area (Å²) in [5.74, 6) is -0.0890. The maximum Gasteiger partial charge on any atom is 0.132 e. The van der Waals surface area contributed by atoms with Crippen LogP contribution in [0.15, 0.2) is 24.4 Å². The molecular formula is C15H19FN2. The number of benzene rings is 1. The third kappa shape index (κ3) is 1.93. The van der Waals surface area contributed by atoms with E-state index in [4.69, 9.17) is 0 Å². The molecule has 18 heavy (non-hydrogen) atoms. The summed E-state index contributed by atoms with van der Waals surface area (Å²) in [6.07, 6.45) is 4.66. The molecule has 1 aromatic heterocycles. The van der Waals surface area contributed by atoms with Crippen LogP contribution in [0.4, 0.5) is 4.39 Å². The Morgan fingerprint density at radius 3 is 2.72 bits per heavy atom. The Bertz CT molecular complexity index is 553. The highest BCUT2D eigenvalue weighted by molar-refractivity contribution is 5.84. The van der Waals surface area contributed by atoms with E-state index in [1.54, 1.807) is 12.1 Å². The molecule has 96 valence electrons. The molecule has 3 heteroatoms. The highest BCUT2D eigenvalue weighted by atomic mass is 19.1. The summed E-state index contributed by atoms with van der Waals surface area (Å²) in [6.45, 7) is 6.16. The number of aryl methyl sites for hydroxylation is 1. The normalized spacial score (nSPS) is 16.8. The van der Waals surface area contributed by atoms with Crippen molar-refractivity contribution < 1.29 is 4.39 Å². The van der Waals surface area contributed by atoms with E-state index in [-0.39, 0.29) is 5.82 Å². The highest BCUT2D eigenvalue weighted by Gasteiger charge is 2.17. The minimum absolute atomic E-state index is 0.0890. The van der Waals surface area contributed by atoms with Crippen molar-refractivity contribution >= 4 is 10.9 Å². The Kier molecular flexibility index (Phi) is 3.08. The fraction of sp³-hybridized carbons (Fsp3) is 0.467. The lowest BCUT2D eigenvalue weighted by Crippen LogP contribution is -2.18. The summed E-state index contributed by atoms with van der Waals surface area (Å²) in [6, 6.07) is 5.37. The molecule has 0 N–H and O–H groups in total. The number of likely N-dealkylation sites (tertiary alicyclic amines) is 1. The maximum atomic E-state index is 14.0. The molecule has 2 aromatic rings. The summed E-state index contributed by atoms with van der Waals surface area (Å²) in [7, 11) is 0. The molecule has 3 rings (SSSR count). The van der Waals surface area contributed by atoms with Crippen molar-refractivity contribution in [2.75, 3.05) is 13.1 Å². The summed E-state index contributed by atoms with van der Waals surface area (Å²) in [5, 5.41) is 0.811. The van der Waals surface area contributed by atoms with Crippen LogP contribution < -0.4 is 0 Å². The average Bonchev–Trinajstić information content (AvgIpc) is 2.98. The van der Waals surface area contributed by atoms with Gasteiger partial charge < -0.3 is 4.57 Å². The summed E-state index contributed by atoms with van der Waals surface area (Å²) in [5.41, 5.74) is 2.15. The zero-order valence-corrected chi connectivity index (χ0v) is 10.8. The lowest BCUT2D eigenvalue weighted by atomic mass is 10.1. The summed E-state index contributed by atoms with van der Waals surface area (Å²) in [4.78, 5) is 2.42. The third-order valence-electron chi connectivity index (χ3n) is 3.87. The molecule has 0 radical (unpaired) electrons. The monoisotopic (exact) mass is 246 g/mol. The molecule has 0 bridgehead atoms. The lowest BCUT2D eigenvalue weighted by molar-refractivity contribution is 0.332. The third-order valence-corrected chi connectivity index (χ3v) is 3.87. The van der Waals surface area contributed by atoms with Gasteiger partial charge in [0, 0.05) is 24.7 Å². The van der Waals surface area contributed by atoms with Crippen molar-refractivity contribution in [1.29, 1.82) is 0 Å². The van der Waals surface area contributed by atoms with Gasteiger partial charge in [-0.05, 0) is 50.6 Å². The van der Waals surface area contributed by atoms with Gasteiger partial charge in [-0.3, -0.25) is 4.90 Å². The van der Waals surface area contributed by atoms with Crippen molar-refractivity contribution in [3.8, 4) is 0 Å². The number of halogens is 1. The van der Waals surface area contributed by atoms with E-state index in [0.29, 0.717) is 0 Å². The Hall–Kier alpha value is -1.35. The van der Waals surface area contributed by atoms with Crippen LogP contribution in [-0.2, 0) is 13.1 Å². The second-order valence-electron chi connectivity index (χ2n) is 5.06. The lowest BCUT2D eigenvalue weighted by Gasteiger charge is -2.13. The first kappa shape index (κ1) is 11.7. The Morgan fingerprint density at radius 2 is 2.00 bits per heavy atom. The zero-order chi connectivity index (χ0) is 12.5. The molecule has 1 aliphatic rings. The van der Waals surface area contributed by atoms with E-state index < -0.39 is 0 Å². The maximum absolute atomic E-state index is 14.0. The van der Waals surface area contributed by atoms with E-state index in [1.807, 2.05) is 6.07 Å². The van der Waals surface area contributed by atoms with Gasteiger partial charge in [-0.25, -0.2) is 4.39 Å². The number of rotatable bonds is 3. The largest absolute Gasteiger partial charge is 0.347 e. The van der Waals surface area contributed by atoms with Crippen LogP contribution in [0.5, 0.6) is 0 Å². The fourth-order valence-electron chi connectivity index (χ4n) is 2.96. The van der Waals surface area contributed by atoms with Crippen molar-refractivity contribution in [3.63, 3.8) is 0 Å². The molecule has 0 spiro atoms. The first-order valence-corrected chi connectivity index (χ1v) is 6.78. The molecule has 2 nitrogen and oxygen atoms in total. The number of nitrogens with zero attached hydrogens (tertiary/aromatic N) is 2. The highest BCUT2D eigenvalue weighted by Crippen LogP contribution is 2.26. The molecule has 1 saturated heterocycles. The van der Waals surface area contributed by atoms with Gasteiger partial charge in [0.2, 0.25) is 0 Å². The molecule has 1 fully saturated rings. The van der Waals surface area contributed by atoms with E-state index in [9.17, 15) is 4.39 Å². The smallest absolute Gasteiger partial charge is 0.132 e. The molecule has 0 aliphatic carbocycles. The molecule has 0 unspecified atom stereocenters. The Labute approximate surface area is 107 Å². The molecule has 0 atom stereocenters. The van der Waals surface area contributed by atoms with E-state index in [0.717, 1.165) is 42.6 Å². The van der Waals surface area contributed by atoms with Gasteiger partial charge in [0.15, 0.2) is 0 Å². The van der Waals surface area contributed by atoms with Gasteiger partial charge in [-0.15, -0.1) is 0 Å². The Morgan fingerprint density at radius 1 is 1.22 bits per heavy atom. The fourth-order valence-corrected chi connectivity index (χ4v) is 2.96. The minimum atomic E-state index is -0.0890. The second kappa shape index (κ2) is 4.73. The SMILES string of the molecule is CCn1cc(CN2CCCC2)c2c(F)cccc21. The van der Waals surface area contributed by atoms with Gasteiger partial charge >= 0.3 is 0 Å². The van der Waals surface area contributed by atoms with Crippen molar-refractivity contribution in [2.45, 2.75) is 32.9 Å². The van der Waals surface area contributed by atoms with Gasteiger partial charge in [0.1, 0.15) is 5.82 Å². The van der Waals surface area contributed by atoms with Gasteiger partial charge in [0.05, 0.1) is 5.52 Å². The van der Waals surface area contributed by atoms with Crippen LogP contribution in [0, 0.1) is 5.82 Å². The standard InChI is InChI=1S/C15H19FN2/c1-2-18-11-12(10-17-8-3-4-9-17)15-13(16)6-5-7-14(15)18/h5-7,11H,2-4,8-10H2,1H3. The van der Waals surface area contributed by atoms with Crippen molar-refractivity contribution in [2.24, 2.45) is 0 Å². The molecular weight excluding hydrogens is 227 g/mol. The van der Waals surface area contributed by atoms with Crippen LogP contribution in [0.25, 0.3) is 10.9 Å². The van der Waals surface area contributed by atoms with Crippen LogP contribution in [0.3, 0.4) is 0 Å². The minimum Gasteiger partial charge on any atom is -0.347 e. The molecule has 1 aliphatic heterocycles. The summed E-state index contributed by atoms with van der Waals surface area (Å²) < 4.78 is 16.2. The van der Waals surface area contributed by atoms with E-state index >= 15 is 0 Å². The first-order chi connectivity index (χ1) is 8.79. The quantitative estimate of drug-likeness (QED) is 0.806. The molecule has 2 heterocycles. The van der Waals surface area contributed by atoms with Crippen LogP contribution in [-0.4, -0.2) is 22.6 Å². The topological polar surface area (TPSA) is 8.17 Å². The first-order valence-electron chi connectivity index (χ1n) is 6.78. The van der Waals surface area contributed by atoms with E-state index in [1.165, 1.54) is 12.8 Å². The van der Waals surface area contributed by atoms with Crippen LogP contribution >= 0.6 is 0 Å². The molecule has 0 saturated carbocycles. The number of aromatic nitrogens is 1. The zero-order valence-electron chi connectivity index (χ0n) is 10.8. The number of hydrogen-bond acceptors (Lipinski definition) is 1. The molecule has 1 aromatic carbocycles. The average molecular weight is 246 g/mol. The van der Waals surface area contributed by atoms with Gasteiger partial charge in [-0.1, -0.05) is 6.07 Å². The van der Waals surface area contributed by atoms with E-state index in [2.05, 4.69) is 22.6 Å². The van der Waals surface area contributed by atoms with Gasteiger partial charge in [0.25, 0.3) is 0 Å². The Balaban J connectivity index is 2.04. The second-order valence-corrected chi connectivity index (χ2v) is 5.06. The summed E-state index contributed by atoms with van der Waals surface area (Å²) >= 11 is 0. The number of fused-ring (bicyclic) bond motifs is 1. The predicted octanol–water partition coefficient (Wildman–Crippen LogP) is 3.40. The predicted molar refractivity (Wildman–Crippen MR) is 72.1 cm³/mol. The van der Waals surface area contributed by atoms with Crippen LogP contribution in [0.1, 0.15) is 25.3 Å². The number of hydrogen-bond donors (Lipinski definition) is 0. The van der Waals surface area contributed by atoms with Crippen molar-refractivity contribution in [1.82, 2.24) is 9.47 Å². The van der Waals surface area contributed by atoms with Crippen LogP contribution in [0.2, 0.25) is 0 Å². The van der Waals surface area contributed by atoms with Crippen molar-refractivity contribution in [3.05, 3.63) is 35.8 Å².